The standard InChI is InChI=1S/C19H20ClN3O3/c20-15-5-3-13(4-6-15)11-22-19(25)17-10-14(7-8-21-17)18(24)23-12-16-2-1-9-26-16/h3-8,10,16H,1-2,9,11-12H2,(H,22,25)(H,23,24). The molecular weight excluding hydrogens is 354 g/mol. The molecule has 1 aromatic carbocycles. The second-order valence-electron chi connectivity index (χ2n) is 6.08. The van der Waals surface area contributed by atoms with Gasteiger partial charge in [0, 0.05) is 36.5 Å². The Kier molecular flexibility index (Phi) is 6.20. The normalized spacial score (nSPS) is 16.3. The van der Waals surface area contributed by atoms with Gasteiger partial charge in [-0.1, -0.05) is 23.7 Å². The van der Waals surface area contributed by atoms with Crippen molar-refractivity contribution >= 4 is 23.4 Å². The average molecular weight is 374 g/mol. The smallest absolute Gasteiger partial charge is 0.270 e. The van der Waals surface area contributed by atoms with Crippen molar-refractivity contribution in [2.24, 2.45) is 0 Å². The van der Waals surface area contributed by atoms with E-state index in [-0.39, 0.29) is 23.6 Å². The fourth-order valence-corrected chi connectivity index (χ4v) is 2.81. The lowest BCUT2D eigenvalue weighted by Gasteiger charge is -2.11. The Morgan fingerprint density at radius 1 is 1.15 bits per heavy atom. The maximum atomic E-state index is 12.3. The predicted octanol–water partition coefficient (Wildman–Crippen LogP) is 2.57. The Morgan fingerprint density at radius 3 is 2.69 bits per heavy atom. The highest BCUT2D eigenvalue weighted by Crippen LogP contribution is 2.11. The number of carbonyl (C=O) groups is 2. The molecule has 0 aliphatic carbocycles. The topological polar surface area (TPSA) is 80.3 Å². The summed E-state index contributed by atoms with van der Waals surface area (Å²) in [6, 6.07) is 10.3. The van der Waals surface area contributed by atoms with Crippen LogP contribution in [0.3, 0.4) is 0 Å². The van der Waals surface area contributed by atoms with Gasteiger partial charge in [-0.15, -0.1) is 0 Å². The third kappa shape index (κ3) is 5.03. The van der Waals surface area contributed by atoms with Crippen molar-refractivity contribution < 1.29 is 14.3 Å². The van der Waals surface area contributed by atoms with E-state index in [0.717, 1.165) is 25.0 Å². The van der Waals surface area contributed by atoms with Crippen LogP contribution in [0.15, 0.2) is 42.6 Å². The first-order valence-electron chi connectivity index (χ1n) is 8.50. The molecule has 7 heteroatoms. The Labute approximate surface area is 156 Å². The quantitative estimate of drug-likeness (QED) is 0.815. The van der Waals surface area contributed by atoms with E-state index in [1.165, 1.54) is 12.3 Å². The molecule has 2 heterocycles. The molecule has 1 fully saturated rings. The summed E-state index contributed by atoms with van der Waals surface area (Å²) in [5.74, 6) is -0.580. The van der Waals surface area contributed by atoms with Gasteiger partial charge in [-0.05, 0) is 42.7 Å². The Hall–Kier alpha value is -2.44. The predicted molar refractivity (Wildman–Crippen MR) is 98.2 cm³/mol. The molecule has 1 aliphatic rings. The molecule has 0 bridgehead atoms. The van der Waals surface area contributed by atoms with Gasteiger partial charge >= 0.3 is 0 Å². The Morgan fingerprint density at radius 2 is 1.96 bits per heavy atom. The van der Waals surface area contributed by atoms with E-state index in [9.17, 15) is 9.59 Å². The molecule has 0 saturated carbocycles. The number of benzene rings is 1. The van der Waals surface area contributed by atoms with Crippen LogP contribution >= 0.6 is 11.6 Å². The summed E-state index contributed by atoms with van der Waals surface area (Å²) >= 11 is 5.84. The van der Waals surface area contributed by atoms with E-state index in [1.807, 2.05) is 12.1 Å². The molecule has 6 nitrogen and oxygen atoms in total. The molecular formula is C19H20ClN3O3. The highest BCUT2D eigenvalue weighted by molar-refractivity contribution is 6.30. The monoisotopic (exact) mass is 373 g/mol. The number of rotatable bonds is 6. The summed E-state index contributed by atoms with van der Waals surface area (Å²) in [6.45, 7) is 1.57. The Bertz CT molecular complexity index is 774. The summed E-state index contributed by atoms with van der Waals surface area (Å²) in [5, 5.41) is 6.26. The zero-order valence-electron chi connectivity index (χ0n) is 14.2. The molecule has 0 spiro atoms. The second-order valence-corrected chi connectivity index (χ2v) is 6.52. The Balaban J connectivity index is 1.55. The molecule has 1 aliphatic heterocycles. The molecule has 2 amide bonds. The van der Waals surface area contributed by atoms with Crippen LogP contribution in [0.25, 0.3) is 0 Å². The number of aromatic nitrogens is 1. The number of ether oxygens (including phenoxy) is 1. The minimum Gasteiger partial charge on any atom is -0.376 e. The van der Waals surface area contributed by atoms with E-state index < -0.39 is 0 Å². The first kappa shape index (κ1) is 18.4. The number of nitrogens with one attached hydrogen (secondary N) is 2. The molecule has 2 aromatic rings. The van der Waals surface area contributed by atoms with Crippen molar-refractivity contribution in [1.29, 1.82) is 0 Å². The highest BCUT2D eigenvalue weighted by Gasteiger charge is 2.17. The number of carbonyl (C=O) groups excluding carboxylic acids is 2. The van der Waals surface area contributed by atoms with Gasteiger partial charge in [-0.25, -0.2) is 0 Å². The van der Waals surface area contributed by atoms with Crippen LogP contribution in [-0.4, -0.2) is 36.1 Å². The van der Waals surface area contributed by atoms with Crippen LogP contribution in [-0.2, 0) is 11.3 Å². The van der Waals surface area contributed by atoms with Crippen molar-refractivity contribution in [3.05, 3.63) is 64.4 Å². The van der Waals surface area contributed by atoms with Gasteiger partial charge in [0.05, 0.1) is 6.10 Å². The number of hydrogen-bond donors (Lipinski definition) is 2. The van der Waals surface area contributed by atoms with Gasteiger partial charge in [0.25, 0.3) is 11.8 Å². The number of hydrogen-bond acceptors (Lipinski definition) is 4. The van der Waals surface area contributed by atoms with Gasteiger partial charge in [-0.3, -0.25) is 14.6 Å². The van der Waals surface area contributed by atoms with Gasteiger partial charge in [0.1, 0.15) is 5.69 Å². The lowest BCUT2D eigenvalue weighted by molar-refractivity contribution is 0.0857. The summed E-state index contributed by atoms with van der Waals surface area (Å²) in [7, 11) is 0. The van der Waals surface area contributed by atoms with Gasteiger partial charge < -0.3 is 15.4 Å². The van der Waals surface area contributed by atoms with E-state index in [0.29, 0.717) is 23.7 Å². The summed E-state index contributed by atoms with van der Waals surface area (Å²) in [4.78, 5) is 28.6. The van der Waals surface area contributed by atoms with Gasteiger partial charge in [0.2, 0.25) is 0 Å². The summed E-state index contributed by atoms with van der Waals surface area (Å²) < 4.78 is 5.48. The SMILES string of the molecule is O=C(NCC1CCCO1)c1ccnc(C(=O)NCc2ccc(Cl)cc2)c1. The first-order chi connectivity index (χ1) is 12.6. The number of pyridine rings is 1. The van der Waals surface area contributed by atoms with Gasteiger partial charge in [-0.2, -0.15) is 0 Å². The van der Waals surface area contributed by atoms with Gasteiger partial charge in [0.15, 0.2) is 0 Å². The van der Waals surface area contributed by atoms with E-state index in [4.69, 9.17) is 16.3 Å². The maximum Gasteiger partial charge on any atom is 0.270 e. The van der Waals surface area contributed by atoms with Crippen LogP contribution < -0.4 is 10.6 Å². The van der Waals surface area contributed by atoms with Crippen molar-refractivity contribution in [3.8, 4) is 0 Å². The highest BCUT2D eigenvalue weighted by atomic mass is 35.5. The minimum absolute atomic E-state index is 0.0722. The first-order valence-corrected chi connectivity index (χ1v) is 8.88. The molecule has 1 unspecified atom stereocenters. The average Bonchev–Trinajstić information content (AvgIpc) is 3.19. The van der Waals surface area contributed by atoms with Crippen LogP contribution in [0.4, 0.5) is 0 Å². The third-order valence-corrected chi connectivity index (χ3v) is 4.39. The molecule has 1 atom stereocenters. The summed E-state index contributed by atoms with van der Waals surface area (Å²) in [6.07, 6.45) is 3.50. The molecule has 0 radical (unpaired) electrons. The van der Waals surface area contributed by atoms with Crippen LogP contribution in [0, 0.1) is 0 Å². The number of halogens is 1. The van der Waals surface area contributed by atoms with E-state index in [1.54, 1.807) is 18.2 Å². The fourth-order valence-electron chi connectivity index (χ4n) is 2.69. The number of nitrogens with zero attached hydrogens (tertiary/aromatic N) is 1. The lowest BCUT2D eigenvalue weighted by atomic mass is 10.2. The summed E-state index contributed by atoms with van der Waals surface area (Å²) in [5.41, 5.74) is 1.52. The van der Waals surface area contributed by atoms with Crippen molar-refractivity contribution in [3.63, 3.8) is 0 Å². The molecule has 136 valence electrons. The molecule has 2 N–H and O–H groups in total. The number of amides is 2. The van der Waals surface area contributed by atoms with Crippen LogP contribution in [0.2, 0.25) is 5.02 Å². The lowest BCUT2D eigenvalue weighted by Crippen LogP contribution is -2.32. The second kappa shape index (κ2) is 8.78. The van der Waals surface area contributed by atoms with Crippen LogP contribution in [0.1, 0.15) is 39.3 Å². The minimum atomic E-state index is -0.339. The maximum absolute atomic E-state index is 12.3. The third-order valence-electron chi connectivity index (χ3n) is 4.14. The van der Waals surface area contributed by atoms with Crippen molar-refractivity contribution in [2.45, 2.75) is 25.5 Å². The molecule has 1 aromatic heterocycles. The molecule has 26 heavy (non-hydrogen) atoms. The fraction of sp³-hybridized carbons (Fsp3) is 0.316. The largest absolute Gasteiger partial charge is 0.376 e. The molecule has 1 saturated heterocycles. The van der Waals surface area contributed by atoms with E-state index in [2.05, 4.69) is 15.6 Å². The van der Waals surface area contributed by atoms with Crippen LogP contribution in [0.5, 0.6) is 0 Å². The zero-order chi connectivity index (χ0) is 18.4. The van der Waals surface area contributed by atoms with E-state index >= 15 is 0 Å². The van der Waals surface area contributed by atoms with Crippen molar-refractivity contribution in [2.75, 3.05) is 13.2 Å². The van der Waals surface area contributed by atoms with Crippen molar-refractivity contribution in [1.82, 2.24) is 15.6 Å². The molecule has 3 rings (SSSR count). The zero-order valence-corrected chi connectivity index (χ0v) is 15.0.